The maximum atomic E-state index is 12.9. The van der Waals surface area contributed by atoms with E-state index in [-0.39, 0.29) is 28.6 Å². The number of hydrogen-bond acceptors (Lipinski definition) is 5. The molecule has 30 heavy (non-hydrogen) atoms. The number of para-hydroxylation sites is 1. The molecule has 0 aliphatic carbocycles. The lowest BCUT2D eigenvalue weighted by Gasteiger charge is -2.13. The molecule has 0 saturated carbocycles. The maximum absolute atomic E-state index is 12.9. The molecule has 0 bridgehead atoms. The van der Waals surface area contributed by atoms with E-state index >= 15 is 0 Å². The first-order valence-corrected chi connectivity index (χ1v) is 8.71. The Morgan fingerprint density at radius 1 is 0.967 bits per heavy atom. The normalized spacial score (nSPS) is 10.9. The predicted octanol–water partition coefficient (Wildman–Crippen LogP) is 5.02. The van der Waals surface area contributed by atoms with Crippen LogP contribution in [0.25, 0.3) is 0 Å². The summed E-state index contributed by atoms with van der Waals surface area (Å²) >= 11 is 0. The number of rotatable bonds is 5. The number of nitrogens with one attached hydrogen (secondary N) is 2. The zero-order valence-corrected chi connectivity index (χ0v) is 15.7. The number of carbonyl (C=O) groups excluding carboxylic acids is 2. The van der Waals surface area contributed by atoms with Crippen LogP contribution in [0, 0.1) is 0 Å². The van der Waals surface area contributed by atoms with Crippen LogP contribution in [0.15, 0.2) is 66.9 Å². The highest BCUT2D eigenvalue weighted by molar-refractivity contribution is 5.97. The lowest BCUT2D eigenvalue weighted by molar-refractivity contribution is -0.141. The van der Waals surface area contributed by atoms with Crippen molar-refractivity contribution in [1.29, 1.82) is 0 Å². The van der Waals surface area contributed by atoms with Crippen LogP contribution < -0.4 is 15.4 Å². The van der Waals surface area contributed by atoms with Gasteiger partial charge in [-0.25, -0.2) is 4.79 Å². The molecule has 6 nitrogen and oxygen atoms in total. The summed E-state index contributed by atoms with van der Waals surface area (Å²) in [5.41, 5.74) is 0.0251. The van der Waals surface area contributed by atoms with Crippen molar-refractivity contribution < 1.29 is 27.5 Å². The van der Waals surface area contributed by atoms with E-state index in [4.69, 9.17) is 4.74 Å². The minimum absolute atomic E-state index is 0.122. The van der Waals surface area contributed by atoms with E-state index < -0.39 is 17.8 Å². The molecule has 0 fully saturated rings. The number of anilines is 3. The molecule has 3 aromatic rings. The Balaban J connectivity index is 1.78. The quantitative estimate of drug-likeness (QED) is 0.452. The Morgan fingerprint density at radius 3 is 2.33 bits per heavy atom. The minimum Gasteiger partial charge on any atom is -0.423 e. The van der Waals surface area contributed by atoms with Gasteiger partial charge in [0.2, 0.25) is 5.91 Å². The summed E-state index contributed by atoms with van der Waals surface area (Å²) in [6.45, 7) is 1.37. The molecule has 0 aliphatic heterocycles. The first kappa shape index (κ1) is 20.8. The average Bonchev–Trinajstić information content (AvgIpc) is 2.69. The van der Waals surface area contributed by atoms with E-state index in [0.717, 1.165) is 12.3 Å². The first-order valence-electron chi connectivity index (χ1n) is 8.71. The number of amides is 1. The second-order valence-corrected chi connectivity index (χ2v) is 6.19. The van der Waals surface area contributed by atoms with Crippen molar-refractivity contribution in [2.45, 2.75) is 13.1 Å². The fourth-order valence-corrected chi connectivity index (χ4v) is 2.56. The van der Waals surface area contributed by atoms with Crippen LogP contribution in [0.4, 0.5) is 30.2 Å². The van der Waals surface area contributed by atoms with Crippen LogP contribution in [0.5, 0.6) is 5.75 Å². The molecule has 2 aromatic carbocycles. The Bertz CT molecular complexity index is 1070. The largest absolute Gasteiger partial charge is 0.433 e. The number of alkyl halides is 3. The van der Waals surface area contributed by atoms with E-state index in [0.29, 0.717) is 5.69 Å². The first-order chi connectivity index (χ1) is 14.2. The third kappa shape index (κ3) is 5.34. The van der Waals surface area contributed by atoms with E-state index in [1.165, 1.54) is 31.2 Å². The maximum Gasteiger partial charge on any atom is 0.433 e. The van der Waals surface area contributed by atoms with Gasteiger partial charge in [0.25, 0.3) is 0 Å². The van der Waals surface area contributed by atoms with Crippen molar-refractivity contribution in [1.82, 2.24) is 4.98 Å². The molecule has 0 aliphatic rings. The summed E-state index contributed by atoms with van der Waals surface area (Å²) in [6.07, 6.45) is -3.55. The smallest absolute Gasteiger partial charge is 0.423 e. The molecule has 1 aromatic heterocycles. The molecule has 154 valence electrons. The Hall–Kier alpha value is -3.88. The number of pyridine rings is 1. The fourth-order valence-electron chi connectivity index (χ4n) is 2.56. The van der Waals surface area contributed by atoms with Crippen LogP contribution in [0.3, 0.4) is 0 Å². The second-order valence-electron chi connectivity index (χ2n) is 6.19. The van der Waals surface area contributed by atoms with Gasteiger partial charge in [0, 0.05) is 24.5 Å². The third-order valence-corrected chi connectivity index (χ3v) is 3.86. The minimum atomic E-state index is -4.58. The van der Waals surface area contributed by atoms with Gasteiger partial charge >= 0.3 is 12.1 Å². The average molecular weight is 415 g/mol. The number of esters is 1. The number of ether oxygens (including phenoxy) is 1. The van der Waals surface area contributed by atoms with Gasteiger partial charge in [-0.2, -0.15) is 13.2 Å². The topological polar surface area (TPSA) is 80.3 Å². The van der Waals surface area contributed by atoms with Gasteiger partial charge in [0.05, 0.1) is 11.3 Å². The van der Waals surface area contributed by atoms with Gasteiger partial charge < -0.3 is 15.4 Å². The molecular weight excluding hydrogens is 399 g/mol. The van der Waals surface area contributed by atoms with Crippen LogP contribution in [0.1, 0.15) is 23.0 Å². The van der Waals surface area contributed by atoms with Crippen LogP contribution >= 0.6 is 0 Å². The van der Waals surface area contributed by atoms with Crippen molar-refractivity contribution in [3.63, 3.8) is 0 Å². The lowest BCUT2D eigenvalue weighted by Crippen LogP contribution is -2.12. The molecule has 0 unspecified atom stereocenters. The lowest BCUT2D eigenvalue weighted by atomic mass is 10.1. The van der Waals surface area contributed by atoms with Crippen molar-refractivity contribution >= 4 is 28.9 Å². The van der Waals surface area contributed by atoms with Crippen molar-refractivity contribution in [2.24, 2.45) is 0 Å². The molecule has 0 radical (unpaired) electrons. The summed E-state index contributed by atoms with van der Waals surface area (Å²) in [7, 11) is 0. The van der Waals surface area contributed by atoms with Crippen LogP contribution in [-0.2, 0) is 11.0 Å². The summed E-state index contributed by atoms with van der Waals surface area (Å²) in [6, 6.07) is 14.7. The number of halogens is 3. The predicted molar refractivity (Wildman–Crippen MR) is 105 cm³/mol. The molecule has 0 atom stereocenters. The van der Waals surface area contributed by atoms with Crippen LogP contribution in [-0.4, -0.2) is 16.9 Å². The number of hydrogen-bond donors (Lipinski definition) is 2. The molecule has 0 saturated heterocycles. The van der Waals surface area contributed by atoms with Gasteiger partial charge in [0.1, 0.15) is 11.4 Å². The van der Waals surface area contributed by atoms with Gasteiger partial charge in [-0.15, -0.1) is 0 Å². The van der Waals surface area contributed by atoms with Crippen molar-refractivity contribution in [2.75, 3.05) is 10.6 Å². The van der Waals surface area contributed by atoms with Crippen molar-refractivity contribution in [3.8, 4) is 5.75 Å². The molecule has 0 spiro atoms. The standard InChI is InChI=1S/C21H16F3N3O3/c1-13(28)26-14-6-8-16(9-7-14)30-20(29)17-4-2-3-5-18(17)27-15-10-11-25-19(12-15)21(22,23)24/h2-12H,1H3,(H,25,27)(H,26,28). The second kappa shape index (κ2) is 8.64. The molecule has 2 N–H and O–H groups in total. The summed E-state index contributed by atoms with van der Waals surface area (Å²) < 4.78 is 43.9. The fraction of sp³-hybridized carbons (Fsp3) is 0.0952. The van der Waals surface area contributed by atoms with Gasteiger partial charge in [-0.3, -0.25) is 9.78 Å². The number of nitrogens with zero attached hydrogens (tertiary/aromatic N) is 1. The molecule has 3 rings (SSSR count). The highest BCUT2D eigenvalue weighted by atomic mass is 19.4. The van der Waals surface area contributed by atoms with Gasteiger partial charge in [-0.1, -0.05) is 12.1 Å². The van der Waals surface area contributed by atoms with E-state index in [1.807, 2.05) is 0 Å². The van der Waals surface area contributed by atoms with E-state index in [2.05, 4.69) is 15.6 Å². The Labute approximate surface area is 169 Å². The van der Waals surface area contributed by atoms with Gasteiger partial charge in [0.15, 0.2) is 0 Å². The monoisotopic (exact) mass is 415 g/mol. The zero-order valence-electron chi connectivity index (χ0n) is 15.7. The van der Waals surface area contributed by atoms with E-state index in [1.54, 1.807) is 30.3 Å². The van der Waals surface area contributed by atoms with Crippen LogP contribution in [0.2, 0.25) is 0 Å². The summed E-state index contributed by atoms with van der Waals surface area (Å²) in [4.78, 5) is 27.0. The van der Waals surface area contributed by atoms with Gasteiger partial charge in [-0.05, 0) is 48.5 Å². The highest BCUT2D eigenvalue weighted by Crippen LogP contribution is 2.30. The third-order valence-electron chi connectivity index (χ3n) is 3.86. The van der Waals surface area contributed by atoms with Crippen molar-refractivity contribution in [3.05, 3.63) is 78.1 Å². The molecule has 1 heterocycles. The molecular formula is C21H16F3N3O3. The highest BCUT2D eigenvalue weighted by Gasteiger charge is 2.32. The summed E-state index contributed by atoms with van der Waals surface area (Å²) in [5, 5.41) is 5.39. The number of benzene rings is 2. The Morgan fingerprint density at radius 2 is 1.67 bits per heavy atom. The molecule has 1 amide bonds. The number of aromatic nitrogens is 1. The zero-order chi connectivity index (χ0) is 21.7. The summed E-state index contributed by atoms with van der Waals surface area (Å²) in [5.74, 6) is -0.688. The van der Waals surface area contributed by atoms with E-state index in [9.17, 15) is 22.8 Å². The Kier molecular flexibility index (Phi) is 6.01. The molecule has 9 heteroatoms. The SMILES string of the molecule is CC(=O)Nc1ccc(OC(=O)c2ccccc2Nc2ccnc(C(F)(F)F)c2)cc1. The number of carbonyl (C=O) groups is 2.